The Morgan fingerprint density at radius 2 is 2.14 bits per heavy atom. The zero-order chi connectivity index (χ0) is 20.4. The number of nitriles is 1. The number of piperidine rings is 1. The van der Waals surface area contributed by atoms with E-state index in [0.29, 0.717) is 24.5 Å². The Morgan fingerprint density at radius 1 is 1.38 bits per heavy atom. The maximum absolute atomic E-state index is 12.3. The van der Waals surface area contributed by atoms with Gasteiger partial charge < -0.3 is 14.4 Å². The van der Waals surface area contributed by atoms with E-state index in [0.717, 1.165) is 36.9 Å². The number of hydrogen-bond donors (Lipinski definition) is 0. The maximum Gasteiger partial charge on any atom is 0.410 e. The fourth-order valence-electron chi connectivity index (χ4n) is 3.53. The van der Waals surface area contributed by atoms with Crippen LogP contribution in [0, 0.1) is 18.3 Å². The highest BCUT2D eigenvalue weighted by molar-refractivity contribution is 5.68. The summed E-state index contributed by atoms with van der Waals surface area (Å²) in [6.45, 7) is 5.32. The highest BCUT2D eigenvalue weighted by Crippen LogP contribution is 2.39. The Labute approximate surface area is 170 Å². The van der Waals surface area contributed by atoms with E-state index in [1.165, 1.54) is 0 Å². The van der Waals surface area contributed by atoms with E-state index in [1.807, 2.05) is 26.0 Å². The van der Waals surface area contributed by atoms with E-state index < -0.39 is 0 Å². The average Bonchev–Trinajstić information content (AvgIpc) is 3.30. The fraction of sp³-hybridized carbons (Fsp3) is 0.524. The molecule has 2 aliphatic rings. The first-order valence-corrected chi connectivity index (χ1v) is 9.98. The van der Waals surface area contributed by atoms with Gasteiger partial charge in [0.2, 0.25) is 0 Å². The van der Waals surface area contributed by atoms with Crippen LogP contribution in [0.5, 0.6) is 5.75 Å². The molecule has 0 radical (unpaired) electrons. The third-order valence-corrected chi connectivity index (χ3v) is 5.68. The number of carbonyl (C=O) groups is 1. The number of pyridine rings is 1. The average molecular weight is 395 g/mol. The number of amides is 1. The van der Waals surface area contributed by atoms with Gasteiger partial charge in [-0.15, -0.1) is 0 Å². The second-order valence-corrected chi connectivity index (χ2v) is 7.99. The van der Waals surface area contributed by atoms with Crippen LogP contribution in [0.1, 0.15) is 55.6 Å². The van der Waals surface area contributed by atoms with Crippen molar-refractivity contribution in [2.45, 2.75) is 57.8 Å². The number of ether oxygens (including phenoxy) is 2. The lowest BCUT2D eigenvalue weighted by Gasteiger charge is -2.32. The fourth-order valence-corrected chi connectivity index (χ4v) is 3.53. The van der Waals surface area contributed by atoms with Gasteiger partial charge in [-0.1, -0.05) is 0 Å². The minimum absolute atomic E-state index is 0.0825. The molecule has 8 nitrogen and oxygen atoms in total. The first-order valence-electron chi connectivity index (χ1n) is 9.98. The van der Waals surface area contributed by atoms with Gasteiger partial charge >= 0.3 is 6.09 Å². The molecule has 0 unspecified atom stereocenters. The predicted molar refractivity (Wildman–Crippen MR) is 104 cm³/mol. The molecular weight excluding hydrogens is 370 g/mol. The Balaban J connectivity index is 1.38. The van der Waals surface area contributed by atoms with Crippen molar-refractivity contribution in [2.24, 2.45) is 0 Å². The molecule has 29 heavy (non-hydrogen) atoms. The molecule has 1 saturated carbocycles. The number of nitrogens with zero attached hydrogens (tertiary/aromatic N) is 5. The van der Waals surface area contributed by atoms with E-state index in [4.69, 9.17) is 9.47 Å². The van der Waals surface area contributed by atoms with Crippen LogP contribution in [-0.4, -0.2) is 44.4 Å². The number of rotatable bonds is 5. The maximum atomic E-state index is 12.3. The van der Waals surface area contributed by atoms with Gasteiger partial charge in [-0.05, 0) is 51.7 Å². The lowest BCUT2D eigenvalue weighted by Crippen LogP contribution is -2.41. The highest BCUT2D eigenvalue weighted by Gasteiger charge is 2.43. The zero-order valence-corrected chi connectivity index (χ0v) is 16.8. The Bertz CT molecular complexity index is 936. The topological polar surface area (TPSA) is 93.3 Å². The molecule has 0 bridgehead atoms. The van der Waals surface area contributed by atoms with Gasteiger partial charge in [0, 0.05) is 24.8 Å². The van der Waals surface area contributed by atoms with Crippen molar-refractivity contribution >= 4 is 6.09 Å². The molecule has 1 saturated heterocycles. The van der Waals surface area contributed by atoms with Crippen molar-refractivity contribution in [3.63, 3.8) is 0 Å². The van der Waals surface area contributed by atoms with Crippen molar-refractivity contribution in [3.8, 4) is 11.8 Å². The van der Waals surface area contributed by atoms with Gasteiger partial charge in [0.25, 0.3) is 0 Å². The first kappa shape index (κ1) is 19.2. The van der Waals surface area contributed by atoms with E-state index in [9.17, 15) is 10.1 Å². The van der Waals surface area contributed by atoms with Gasteiger partial charge in [-0.2, -0.15) is 10.4 Å². The number of hydrogen-bond acceptors (Lipinski definition) is 6. The largest absolute Gasteiger partial charge is 0.487 e. The molecule has 1 aliphatic carbocycles. The Kier molecular flexibility index (Phi) is 5.14. The summed E-state index contributed by atoms with van der Waals surface area (Å²) < 4.78 is 13.2. The summed E-state index contributed by atoms with van der Waals surface area (Å²) in [4.78, 5) is 18.2. The van der Waals surface area contributed by atoms with Crippen molar-refractivity contribution in [1.29, 1.82) is 5.26 Å². The second kappa shape index (κ2) is 7.74. The van der Waals surface area contributed by atoms with E-state index in [-0.39, 0.29) is 24.3 Å². The number of aromatic nitrogens is 3. The van der Waals surface area contributed by atoms with Crippen molar-refractivity contribution < 1.29 is 14.3 Å². The highest BCUT2D eigenvalue weighted by atomic mass is 16.6. The molecule has 4 rings (SSSR count). The lowest BCUT2D eigenvalue weighted by atomic mass is 10.1. The van der Waals surface area contributed by atoms with Crippen molar-refractivity contribution in [2.75, 3.05) is 13.1 Å². The van der Waals surface area contributed by atoms with Gasteiger partial charge in [-0.3, -0.25) is 9.67 Å². The van der Waals surface area contributed by atoms with Crippen LogP contribution in [0.15, 0.2) is 24.5 Å². The quantitative estimate of drug-likeness (QED) is 0.771. The third-order valence-electron chi connectivity index (χ3n) is 5.68. The smallest absolute Gasteiger partial charge is 0.410 e. The van der Waals surface area contributed by atoms with Gasteiger partial charge in [0.05, 0.1) is 17.9 Å². The molecule has 2 aromatic rings. The number of likely N-dealkylation sites (tertiary alicyclic amines) is 1. The molecule has 1 aliphatic heterocycles. The molecule has 1 amide bonds. The number of aryl methyl sites for hydroxylation is 1. The van der Waals surface area contributed by atoms with Crippen LogP contribution in [0.2, 0.25) is 0 Å². The van der Waals surface area contributed by atoms with E-state index >= 15 is 0 Å². The SMILES string of the molecule is Cc1ncccc1OCc1cnn(C2CCN(C(=O)OC3(C)CC3)CC2)c1C#N. The summed E-state index contributed by atoms with van der Waals surface area (Å²) in [6, 6.07) is 6.02. The summed E-state index contributed by atoms with van der Waals surface area (Å²) >= 11 is 0. The van der Waals surface area contributed by atoms with Gasteiger partial charge in [0.15, 0.2) is 0 Å². The monoisotopic (exact) mass is 395 g/mol. The first-order chi connectivity index (χ1) is 14.0. The molecule has 0 spiro atoms. The Hall–Kier alpha value is -3.08. The summed E-state index contributed by atoms with van der Waals surface area (Å²) in [5, 5.41) is 14.1. The normalized spacial score (nSPS) is 18.2. The van der Waals surface area contributed by atoms with Crippen LogP contribution < -0.4 is 4.74 Å². The summed E-state index contributed by atoms with van der Waals surface area (Å²) in [5.74, 6) is 0.695. The zero-order valence-electron chi connectivity index (χ0n) is 16.8. The standard InChI is InChI=1S/C21H25N5O3/c1-15-19(4-3-9-23-15)28-14-16-13-24-26(18(16)12-22)17-5-10-25(11-6-17)20(27)29-21(2)7-8-21/h3-4,9,13,17H,5-8,10-11,14H2,1-2H3. The molecule has 2 aromatic heterocycles. The predicted octanol–water partition coefficient (Wildman–Crippen LogP) is 3.36. The molecule has 0 aromatic carbocycles. The summed E-state index contributed by atoms with van der Waals surface area (Å²) in [6.07, 6.45) is 6.54. The summed E-state index contributed by atoms with van der Waals surface area (Å²) in [7, 11) is 0. The second-order valence-electron chi connectivity index (χ2n) is 7.99. The van der Waals surface area contributed by atoms with Gasteiger partial charge in [0.1, 0.15) is 29.7 Å². The van der Waals surface area contributed by atoms with Crippen molar-refractivity contribution in [3.05, 3.63) is 41.5 Å². The Morgan fingerprint density at radius 3 is 2.79 bits per heavy atom. The molecule has 8 heteroatoms. The lowest BCUT2D eigenvalue weighted by molar-refractivity contribution is 0.0489. The minimum atomic E-state index is -0.259. The van der Waals surface area contributed by atoms with Crippen molar-refractivity contribution in [1.82, 2.24) is 19.7 Å². The summed E-state index contributed by atoms with van der Waals surface area (Å²) in [5.41, 5.74) is 1.81. The molecule has 2 fully saturated rings. The third kappa shape index (κ3) is 4.19. The minimum Gasteiger partial charge on any atom is -0.487 e. The van der Waals surface area contributed by atoms with E-state index in [2.05, 4.69) is 16.2 Å². The number of carbonyl (C=O) groups excluding carboxylic acids is 1. The van der Waals surface area contributed by atoms with Crippen LogP contribution in [0.25, 0.3) is 0 Å². The van der Waals surface area contributed by atoms with Crippen LogP contribution in [-0.2, 0) is 11.3 Å². The van der Waals surface area contributed by atoms with Gasteiger partial charge in [-0.25, -0.2) is 4.79 Å². The van der Waals surface area contributed by atoms with Crippen LogP contribution in [0.3, 0.4) is 0 Å². The molecule has 0 N–H and O–H groups in total. The molecule has 3 heterocycles. The van der Waals surface area contributed by atoms with E-state index in [1.54, 1.807) is 22.0 Å². The molecular formula is C21H25N5O3. The van der Waals surface area contributed by atoms with Crippen LogP contribution >= 0.6 is 0 Å². The van der Waals surface area contributed by atoms with Crippen LogP contribution in [0.4, 0.5) is 4.79 Å². The molecule has 0 atom stereocenters. The molecule has 152 valence electrons.